The molecule has 6 heteroatoms. The van der Waals surface area contributed by atoms with Gasteiger partial charge in [-0.3, -0.25) is 5.43 Å². The molecule has 0 aromatic heterocycles. The molecule has 0 unspecified atom stereocenters. The summed E-state index contributed by atoms with van der Waals surface area (Å²) in [6, 6.07) is 6.33. The number of carboxylic acid groups (broad SMARTS) is 1. The zero-order valence-corrected chi connectivity index (χ0v) is 7.14. The van der Waals surface area contributed by atoms with Gasteiger partial charge in [0.05, 0.1) is 11.3 Å². The first-order valence-corrected chi connectivity index (χ1v) is 3.72. The van der Waals surface area contributed by atoms with E-state index in [2.05, 4.69) is 15.6 Å². The van der Waals surface area contributed by atoms with Crippen molar-refractivity contribution >= 4 is 18.0 Å². The number of carboxylic acids is 1. The molecule has 0 aliphatic heterocycles. The number of benzene rings is 1. The van der Waals surface area contributed by atoms with Crippen LogP contribution >= 0.6 is 0 Å². The van der Waals surface area contributed by atoms with Gasteiger partial charge in [-0.25, -0.2) is 10.3 Å². The SMILES string of the molecule is N=N/C=N\Nc1ccccc1C(=O)O. The summed E-state index contributed by atoms with van der Waals surface area (Å²) in [6.07, 6.45) is 0.971. The Bertz CT molecular complexity index is 375. The van der Waals surface area contributed by atoms with E-state index in [1.165, 1.54) is 6.07 Å². The number of hydrazone groups is 1. The average molecular weight is 192 g/mol. The van der Waals surface area contributed by atoms with Gasteiger partial charge in [-0.2, -0.15) is 5.10 Å². The van der Waals surface area contributed by atoms with Gasteiger partial charge in [0.15, 0.2) is 6.34 Å². The highest BCUT2D eigenvalue weighted by atomic mass is 16.4. The fourth-order valence-electron chi connectivity index (χ4n) is 0.894. The second kappa shape index (κ2) is 4.70. The molecule has 6 nitrogen and oxygen atoms in total. The molecule has 0 heterocycles. The van der Waals surface area contributed by atoms with Crippen molar-refractivity contribution in [1.29, 1.82) is 5.53 Å². The number of para-hydroxylation sites is 1. The normalized spacial score (nSPS) is 10.0. The van der Waals surface area contributed by atoms with E-state index in [4.69, 9.17) is 10.6 Å². The summed E-state index contributed by atoms with van der Waals surface area (Å²) >= 11 is 0. The van der Waals surface area contributed by atoms with Gasteiger partial charge in [0.2, 0.25) is 0 Å². The molecule has 0 amide bonds. The van der Waals surface area contributed by atoms with E-state index in [9.17, 15) is 4.79 Å². The van der Waals surface area contributed by atoms with Crippen molar-refractivity contribution in [2.75, 3.05) is 5.43 Å². The molecule has 1 rings (SSSR count). The first-order chi connectivity index (χ1) is 6.75. The van der Waals surface area contributed by atoms with Crippen LogP contribution in [0.5, 0.6) is 0 Å². The number of anilines is 1. The molecule has 1 aromatic rings. The Hall–Kier alpha value is -2.24. The molecular weight excluding hydrogens is 184 g/mol. The Morgan fingerprint density at radius 3 is 2.86 bits per heavy atom. The Labute approximate surface area is 79.8 Å². The van der Waals surface area contributed by atoms with E-state index in [1.54, 1.807) is 18.2 Å². The number of aromatic carboxylic acids is 1. The van der Waals surface area contributed by atoms with E-state index in [0.29, 0.717) is 5.69 Å². The minimum absolute atomic E-state index is 0.120. The van der Waals surface area contributed by atoms with Crippen LogP contribution in [-0.2, 0) is 0 Å². The second-order valence-corrected chi connectivity index (χ2v) is 2.34. The van der Waals surface area contributed by atoms with Gasteiger partial charge in [-0.1, -0.05) is 12.1 Å². The summed E-state index contributed by atoms with van der Waals surface area (Å²) in [5.74, 6) is -1.04. The predicted octanol–water partition coefficient (Wildman–Crippen LogP) is 1.77. The van der Waals surface area contributed by atoms with E-state index in [-0.39, 0.29) is 5.56 Å². The number of carbonyl (C=O) groups is 1. The number of hydrogen-bond acceptors (Lipinski definition) is 4. The van der Waals surface area contributed by atoms with Gasteiger partial charge < -0.3 is 5.11 Å². The Morgan fingerprint density at radius 1 is 1.50 bits per heavy atom. The maximum Gasteiger partial charge on any atom is 0.337 e. The molecule has 0 spiro atoms. The van der Waals surface area contributed by atoms with Crippen LogP contribution in [0.25, 0.3) is 0 Å². The van der Waals surface area contributed by atoms with Crippen molar-refractivity contribution in [2.24, 2.45) is 10.2 Å². The third-order valence-electron chi connectivity index (χ3n) is 1.46. The van der Waals surface area contributed by atoms with Crippen LogP contribution < -0.4 is 5.43 Å². The molecule has 0 atom stereocenters. The maximum atomic E-state index is 10.7. The third-order valence-corrected chi connectivity index (χ3v) is 1.46. The smallest absolute Gasteiger partial charge is 0.337 e. The van der Waals surface area contributed by atoms with Gasteiger partial charge in [-0.15, -0.1) is 5.11 Å². The lowest BCUT2D eigenvalue weighted by molar-refractivity contribution is 0.0698. The maximum absolute atomic E-state index is 10.7. The molecule has 0 aliphatic carbocycles. The number of nitrogens with one attached hydrogen (secondary N) is 2. The Balaban J connectivity index is 2.89. The monoisotopic (exact) mass is 192 g/mol. The Kier molecular flexibility index (Phi) is 3.31. The molecule has 1 aromatic carbocycles. The summed E-state index contributed by atoms with van der Waals surface area (Å²) in [5, 5.41) is 15.2. The molecule has 3 N–H and O–H groups in total. The average Bonchev–Trinajstić information content (AvgIpc) is 2.19. The quantitative estimate of drug-likeness (QED) is 0.293. The van der Waals surface area contributed by atoms with E-state index >= 15 is 0 Å². The molecule has 0 radical (unpaired) electrons. The molecule has 0 fully saturated rings. The van der Waals surface area contributed by atoms with Gasteiger partial charge in [0.1, 0.15) is 0 Å². The first kappa shape index (κ1) is 9.85. The van der Waals surface area contributed by atoms with Crippen molar-refractivity contribution in [3.63, 3.8) is 0 Å². The van der Waals surface area contributed by atoms with Crippen molar-refractivity contribution < 1.29 is 9.90 Å². The molecule has 14 heavy (non-hydrogen) atoms. The second-order valence-electron chi connectivity index (χ2n) is 2.34. The topological polar surface area (TPSA) is 97.9 Å². The molecule has 0 bridgehead atoms. The van der Waals surface area contributed by atoms with Gasteiger partial charge in [0, 0.05) is 0 Å². The van der Waals surface area contributed by atoms with Crippen LogP contribution in [-0.4, -0.2) is 17.4 Å². The zero-order chi connectivity index (χ0) is 10.4. The number of nitrogens with zero attached hydrogens (tertiary/aromatic N) is 2. The number of rotatable bonds is 4. The predicted molar refractivity (Wildman–Crippen MR) is 50.7 cm³/mol. The van der Waals surface area contributed by atoms with Crippen LogP contribution in [0.4, 0.5) is 5.69 Å². The van der Waals surface area contributed by atoms with E-state index in [0.717, 1.165) is 6.34 Å². The third kappa shape index (κ3) is 2.37. The lowest BCUT2D eigenvalue weighted by Gasteiger charge is -2.02. The standard InChI is InChI=1S/C8H8N4O2/c9-10-5-11-12-7-4-2-1-3-6(7)8(13)14/h1-5,9,12H,(H,13,14)/b10-9?,11-5-. The van der Waals surface area contributed by atoms with Crippen molar-refractivity contribution in [2.45, 2.75) is 0 Å². The van der Waals surface area contributed by atoms with E-state index in [1.807, 2.05) is 0 Å². The van der Waals surface area contributed by atoms with Crippen LogP contribution in [0.3, 0.4) is 0 Å². The molecule has 0 saturated heterocycles. The van der Waals surface area contributed by atoms with Crippen molar-refractivity contribution in [1.82, 2.24) is 0 Å². The fourth-order valence-corrected chi connectivity index (χ4v) is 0.894. The summed E-state index contributed by atoms with van der Waals surface area (Å²) in [5.41, 5.74) is 9.38. The van der Waals surface area contributed by atoms with Crippen molar-refractivity contribution in [3.8, 4) is 0 Å². The summed E-state index contributed by atoms with van der Waals surface area (Å²) in [7, 11) is 0. The van der Waals surface area contributed by atoms with Crippen LogP contribution in [0.15, 0.2) is 34.5 Å². The molecule has 72 valence electrons. The Morgan fingerprint density at radius 2 is 2.21 bits per heavy atom. The summed E-state index contributed by atoms with van der Waals surface area (Å²) < 4.78 is 0. The summed E-state index contributed by atoms with van der Waals surface area (Å²) in [4.78, 5) is 10.7. The summed E-state index contributed by atoms with van der Waals surface area (Å²) in [6.45, 7) is 0. The van der Waals surface area contributed by atoms with Gasteiger partial charge in [-0.05, 0) is 12.1 Å². The first-order valence-electron chi connectivity index (χ1n) is 3.72. The van der Waals surface area contributed by atoms with Gasteiger partial charge in [0.25, 0.3) is 0 Å². The minimum Gasteiger partial charge on any atom is -0.478 e. The highest BCUT2D eigenvalue weighted by Crippen LogP contribution is 2.14. The fraction of sp³-hybridized carbons (Fsp3) is 0. The van der Waals surface area contributed by atoms with Crippen LogP contribution in [0.1, 0.15) is 10.4 Å². The van der Waals surface area contributed by atoms with E-state index < -0.39 is 5.97 Å². The van der Waals surface area contributed by atoms with Gasteiger partial charge >= 0.3 is 5.97 Å². The highest BCUT2D eigenvalue weighted by molar-refractivity contribution is 5.94. The minimum atomic E-state index is -1.04. The van der Waals surface area contributed by atoms with Crippen LogP contribution in [0.2, 0.25) is 0 Å². The lowest BCUT2D eigenvalue weighted by Crippen LogP contribution is -2.01. The largest absolute Gasteiger partial charge is 0.478 e. The molecule has 0 aliphatic rings. The molecule has 0 saturated carbocycles. The molecular formula is C8H8N4O2. The highest BCUT2D eigenvalue weighted by Gasteiger charge is 2.07. The lowest BCUT2D eigenvalue weighted by atomic mass is 10.2. The van der Waals surface area contributed by atoms with Crippen molar-refractivity contribution in [3.05, 3.63) is 29.8 Å². The van der Waals surface area contributed by atoms with Crippen LogP contribution in [0, 0.1) is 5.53 Å². The number of hydrogen-bond donors (Lipinski definition) is 3. The zero-order valence-electron chi connectivity index (χ0n) is 7.14.